The van der Waals surface area contributed by atoms with Crippen LogP contribution in [0.15, 0.2) is 0 Å². The van der Waals surface area contributed by atoms with Gasteiger partial charge >= 0.3 is 6.09 Å². The van der Waals surface area contributed by atoms with Crippen molar-refractivity contribution >= 4 is 12.0 Å². The summed E-state index contributed by atoms with van der Waals surface area (Å²) in [6.45, 7) is 8.25. The van der Waals surface area contributed by atoms with Gasteiger partial charge in [-0.3, -0.25) is 4.79 Å². The monoisotopic (exact) mass is 319 g/mol. The van der Waals surface area contributed by atoms with E-state index in [1.165, 1.54) is 0 Å². The van der Waals surface area contributed by atoms with Crippen LogP contribution in [-0.2, 0) is 19.0 Å². The molecule has 0 atom stereocenters. The molecule has 0 aromatic carbocycles. The molecule has 0 spiro atoms. The second-order valence-corrected chi connectivity index (χ2v) is 5.54. The Labute approximate surface area is 132 Å². The van der Waals surface area contributed by atoms with Crippen LogP contribution in [0.4, 0.5) is 4.79 Å². The van der Waals surface area contributed by atoms with Gasteiger partial charge in [-0.2, -0.15) is 0 Å². The third kappa shape index (κ3) is 15.0. The summed E-state index contributed by atoms with van der Waals surface area (Å²) in [7, 11) is 0. The van der Waals surface area contributed by atoms with Crippen molar-refractivity contribution in [2.45, 2.75) is 32.8 Å². The Bertz CT molecular complexity index is 318. The second kappa shape index (κ2) is 12.2. The first-order valence-electron chi connectivity index (χ1n) is 7.44. The van der Waals surface area contributed by atoms with Crippen LogP contribution < -0.4 is 16.4 Å². The van der Waals surface area contributed by atoms with Crippen molar-refractivity contribution in [2.75, 3.05) is 46.1 Å². The van der Waals surface area contributed by atoms with Crippen LogP contribution in [0.2, 0.25) is 0 Å². The minimum absolute atomic E-state index is 0.131. The number of ether oxygens (including phenoxy) is 3. The Morgan fingerprint density at radius 1 is 0.955 bits per heavy atom. The van der Waals surface area contributed by atoms with E-state index in [-0.39, 0.29) is 12.3 Å². The van der Waals surface area contributed by atoms with Gasteiger partial charge in [-0.05, 0) is 20.8 Å². The molecule has 0 saturated carbocycles. The van der Waals surface area contributed by atoms with Gasteiger partial charge < -0.3 is 30.6 Å². The molecule has 4 N–H and O–H groups in total. The fourth-order valence-electron chi connectivity index (χ4n) is 1.34. The molecule has 0 aromatic rings. The quantitative estimate of drug-likeness (QED) is 0.463. The van der Waals surface area contributed by atoms with Gasteiger partial charge in [-0.1, -0.05) is 0 Å². The molecule has 0 aromatic heterocycles. The van der Waals surface area contributed by atoms with Crippen LogP contribution >= 0.6 is 0 Å². The summed E-state index contributed by atoms with van der Waals surface area (Å²) in [6, 6.07) is 0. The summed E-state index contributed by atoms with van der Waals surface area (Å²) in [5.74, 6) is -0.131. The van der Waals surface area contributed by atoms with Crippen LogP contribution in [0.5, 0.6) is 0 Å². The van der Waals surface area contributed by atoms with E-state index in [0.29, 0.717) is 46.1 Å². The first kappa shape index (κ1) is 20.6. The van der Waals surface area contributed by atoms with E-state index >= 15 is 0 Å². The largest absolute Gasteiger partial charge is 0.444 e. The lowest BCUT2D eigenvalue weighted by atomic mass is 10.2. The maximum Gasteiger partial charge on any atom is 0.407 e. The van der Waals surface area contributed by atoms with Crippen molar-refractivity contribution in [3.05, 3.63) is 0 Å². The van der Waals surface area contributed by atoms with Crippen molar-refractivity contribution in [1.29, 1.82) is 0 Å². The average Bonchev–Trinajstić information content (AvgIpc) is 2.41. The van der Waals surface area contributed by atoms with Crippen molar-refractivity contribution < 1.29 is 23.8 Å². The van der Waals surface area contributed by atoms with Gasteiger partial charge in [0.2, 0.25) is 5.91 Å². The zero-order valence-electron chi connectivity index (χ0n) is 13.8. The lowest BCUT2D eigenvalue weighted by molar-refractivity contribution is -0.122. The maximum absolute atomic E-state index is 11.5. The molecule has 0 bridgehead atoms. The number of nitrogens with one attached hydrogen (secondary N) is 2. The average molecular weight is 319 g/mol. The molecule has 0 aliphatic heterocycles. The van der Waals surface area contributed by atoms with Crippen LogP contribution in [0.3, 0.4) is 0 Å². The van der Waals surface area contributed by atoms with Crippen molar-refractivity contribution in [3.63, 3.8) is 0 Å². The van der Waals surface area contributed by atoms with E-state index in [1.54, 1.807) is 20.8 Å². The van der Waals surface area contributed by atoms with Gasteiger partial charge in [0.15, 0.2) is 0 Å². The van der Waals surface area contributed by atoms with Gasteiger partial charge in [0.05, 0.1) is 26.4 Å². The third-order valence-electron chi connectivity index (χ3n) is 2.22. The normalized spacial score (nSPS) is 11.1. The molecule has 0 aliphatic carbocycles. The summed E-state index contributed by atoms with van der Waals surface area (Å²) in [5.41, 5.74) is 4.73. The first-order valence-corrected chi connectivity index (χ1v) is 7.44. The fourth-order valence-corrected chi connectivity index (χ4v) is 1.34. The van der Waals surface area contributed by atoms with Gasteiger partial charge in [0, 0.05) is 26.1 Å². The van der Waals surface area contributed by atoms with Gasteiger partial charge in [-0.25, -0.2) is 4.79 Å². The summed E-state index contributed by atoms with van der Waals surface area (Å²) in [6.07, 6.45) is -0.230. The van der Waals surface area contributed by atoms with Crippen LogP contribution in [-0.4, -0.2) is 63.7 Å². The van der Waals surface area contributed by atoms with E-state index in [0.717, 1.165) is 0 Å². The SMILES string of the molecule is CC(C)(C)OC(=O)NCCNC(=O)CCOCCOCCN. The summed E-state index contributed by atoms with van der Waals surface area (Å²) >= 11 is 0. The number of amides is 2. The molecule has 130 valence electrons. The standard InChI is InChI=1S/C14H29N3O5/c1-14(2,3)22-13(19)17-7-6-16-12(18)4-8-20-10-11-21-9-5-15/h4-11,15H2,1-3H3,(H,16,18)(H,17,19). The van der Waals surface area contributed by atoms with E-state index in [1.807, 2.05) is 0 Å². The number of hydrogen-bond donors (Lipinski definition) is 3. The number of carbonyl (C=O) groups excluding carboxylic acids is 2. The molecule has 0 heterocycles. The van der Waals surface area contributed by atoms with Gasteiger partial charge in [0.1, 0.15) is 5.60 Å². The molecule has 0 fully saturated rings. The van der Waals surface area contributed by atoms with Crippen molar-refractivity contribution in [1.82, 2.24) is 10.6 Å². The highest BCUT2D eigenvalue weighted by Crippen LogP contribution is 2.05. The molecule has 0 aliphatic rings. The minimum atomic E-state index is -0.529. The summed E-state index contributed by atoms with van der Waals surface area (Å²) < 4.78 is 15.4. The molecule has 0 rings (SSSR count). The van der Waals surface area contributed by atoms with Crippen molar-refractivity contribution in [2.24, 2.45) is 5.73 Å². The maximum atomic E-state index is 11.5. The lowest BCUT2D eigenvalue weighted by Gasteiger charge is -2.19. The second-order valence-electron chi connectivity index (χ2n) is 5.54. The van der Waals surface area contributed by atoms with Gasteiger partial charge in [0.25, 0.3) is 0 Å². The first-order chi connectivity index (χ1) is 10.3. The van der Waals surface area contributed by atoms with E-state index < -0.39 is 11.7 Å². The number of carbonyl (C=O) groups is 2. The highest BCUT2D eigenvalue weighted by atomic mass is 16.6. The zero-order valence-corrected chi connectivity index (χ0v) is 13.8. The topological polar surface area (TPSA) is 112 Å². The Morgan fingerprint density at radius 3 is 2.14 bits per heavy atom. The Kier molecular flexibility index (Phi) is 11.4. The van der Waals surface area contributed by atoms with Crippen LogP contribution in [0.25, 0.3) is 0 Å². The molecular formula is C14H29N3O5. The predicted molar refractivity (Wildman–Crippen MR) is 82.6 cm³/mol. The predicted octanol–water partition coefficient (Wildman–Crippen LogP) is 0.00930. The highest BCUT2D eigenvalue weighted by Gasteiger charge is 2.15. The molecule has 8 nitrogen and oxygen atoms in total. The summed E-state index contributed by atoms with van der Waals surface area (Å²) in [4.78, 5) is 22.8. The van der Waals surface area contributed by atoms with E-state index in [9.17, 15) is 9.59 Å². The number of nitrogens with two attached hydrogens (primary N) is 1. The Balaban J connectivity index is 3.41. The molecular weight excluding hydrogens is 290 g/mol. The number of alkyl carbamates (subject to hydrolysis) is 1. The fraction of sp³-hybridized carbons (Fsp3) is 0.857. The summed E-state index contributed by atoms with van der Waals surface area (Å²) in [5, 5.41) is 5.23. The smallest absolute Gasteiger partial charge is 0.407 e. The molecule has 0 unspecified atom stereocenters. The molecule has 8 heteroatoms. The third-order valence-corrected chi connectivity index (χ3v) is 2.22. The highest BCUT2D eigenvalue weighted by molar-refractivity contribution is 5.76. The zero-order chi connectivity index (χ0) is 16.8. The molecule has 0 saturated heterocycles. The van der Waals surface area contributed by atoms with Crippen LogP contribution in [0.1, 0.15) is 27.2 Å². The minimum Gasteiger partial charge on any atom is -0.444 e. The Hall–Kier alpha value is -1.38. The molecule has 22 heavy (non-hydrogen) atoms. The Morgan fingerprint density at radius 2 is 1.55 bits per heavy atom. The molecule has 2 amide bonds. The molecule has 0 radical (unpaired) electrons. The number of hydrogen-bond acceptors (Lipinski definition) is 6. The lowest BCUT2D eigenvalue weighted by Crippen LogP contribution is -2.38. The van der Waals surface area contributed by atoms with E-state index in [2.05, 4.69) is 10.6 Å². The van der Waals surface area contributed by atoms with Crippen molar-refractivity contribution in [3.8, 4) is 0 Å². The number of rotatable bonds is 11. The van der Waals surface area contributed by atoms with Crippen LogP contribution in [0, 0.1) is 0 Å². The van der Waals surface area contributed by atoms with E-state index in [4.69, 9.17) is 19.9 Å². The van der Waals surface area contributed by atoms with Gasteiger partial charge in [-0.15, -0.1) is 0 Å².